The van der Waals surface area contributed by atoms with Crippen LogP contribution in [0.1, 0.15) is 37.7 Å². The zero-order valence-corrected chi connectivity index (χ0v) is 14.6. The Labute approximate surface area is 148 Å². The van der Waals surface area contributed by atoms with Crippen LogP contribution in [0.5, 0.6) is 0 Å². The molecule has 25 heavy (non-hydrogen) atoms. The molecule has 2 aliphatic rings. The van der Waals surface area contributed by atoms with Gasteiger partial charge in [-0.3, -0.25) is 9.59 Å². The van der Waals surface area contributed by atoms with Crippen LogP contribution in [0.15, 0.2) is 24.3 Å². The molecule has 0 aromatic heterocycles. The summed E-state index contributed by atoms with van der Waals surface area (Å²) in [5, 5.41) is 2.95. The SMILES string of the molecule is NC(=O)[C@H]1CCCN(c2ccc(CNC(=O)C[C@H]3CCCO3)cc2)C1. The fraction of sp³-hybridized carbons (Fsp3) is 0.579. The minimum atomic E-state index is -0.213. The maximum atomic E-state index is 11.9. The molecule has 0 spiro atoms. The van der Waals surface area contributed by atoms with E-state index in [-0.39, 0.29) is 23.8 Å². The van der Waals surface area contributed by atoms with Crippen molar-refractivity contribution in [1.29, 1.82) is 0 Å². The van der Waals surface area contributed by atoms with E-state index in [2.05, 4.69) is 10.2 Å². The van der Waals surface area contributed by atoms with Crippen molar-refractivity contribution in [2.24, 2.45) is 11.7 Å². The summed E-state index contributed by atoms with van der Waals surface area (Å²) in [6, 6.07) is 8.14. The Hall–Kier alpha value is -2.08. The molecule has 0 saturated carbocycles. The first-order valence-electron chi connectivity index (χ1n) is 9.13. The number of amides is 2. The summed E-state index contributed by atoms with van der Waals surface area (Å²) in [5.41, 5.74) is 7.60. The molecular weight excluding hydrogens is 318 g/mol. The first-order chi connectivity index (χ1) is 12.1. The first kappa shape index (κ1) is 17.7. The maximum absolute atomic E-state index is 11.9. The van der Waals surface area contributed by atoms with E-state index in [4.69, 9.17) is 10.5 Å². The molecule has 6 nitrogen and oxygen atoms in total. The number of benzene rings is 1. The molecule has 1 aromatic carbocycles. The number of piperidine rings is 1. The van der Waals surface area contributed by atoms with E-state index in [1.165, 1.54) is 0 Å². The Morgan fingerprint density at radius 1 is 1.20 bits per heavy atom. The van der Waals surface area contributed by atoms with Crippen LogP contribution in [-0.4, -0.2) is 37.6 Å². The van der Waals surface area contributed by atoms with E-state index in [0.29, 0.717) is 19.5 Å². The molecule has 2 fully saturated rings. The van der Waals surface area contributed by atoms with Crippen molar-refractivity contribution < 1.29 is 14.3 Å². The molecule has 136 valence electrons. The lowest BCUT2D eigenvalue weighted by atomic mass is 9.97. The quantitative estimate of drug-likeness (QED) is 0.820. The molecule has 0 unspecified atom stereocenters. The highest BCUT2D eigenvalue weighted by Gasteiger charge is 2.24. The van der Waals surface area contributed by atoms with Crippen molar-refractivity contribution in [3.63, 3.8) is 0 Å². The van der Waals surface area contributed by atoms with E-state index < -0.39 is 0 Å². The van der Waals surface area contributed by atoms with Gasteiger partial charge in [-0.05, 0) is 43.4 Å². The lowest BCUT2D eigenvalue weighted by Crippen LogP contribution is -2.41. The topological polar surface area (TPSA) is 84.7 Å². The number of rotatable bonds is 6. The van der Waals surface area contributed by atoms with Crippen molar-refractivity contribution in [3.8, 4) is 0 Å². The molecule has 2 amide bonds. The fourth-order valence-corrected chi connectivity index (χ4v) is 3.55. The van der Waals surface area contributed by atoms with E-state index in [9.17, 15) is 9.59 Å². The molecule has 2 saturated heterocycles. The second-order valence-electron chi connectivity index (χ2n) is 6.97. The van der Waals surface area contributed by atoms with E-state index in [0.717, 1.165) is 50.1 Å². The number of primary amides is 1. The number of carbonyl (C=O) groups excluding carboxylic acids is 2. The van der Waals surface area contributed by atoms with Gasteiger partial charge < -0.3 is 20.7 Å². The van der Waals surface area contributed by atoms with Gasteiger partial charge in [0.1, 0.15) is 0 Å². The molecular formula is C19H27N3O3. The summed E-state index contributed by atoms with van der Waals surface area (Å²) >= 11 is 0. The summed E-state index contributed by atoms with van der Waals surface area (Å²) in [4.78, 5) is 25.6. The zero-order chi connectivity index (χ0) is 17.6. The average Bonchev–Trinajstić information content (AvgIpc) is 3.13. The third-order valence-corrected chi connectivity index (χ3v) is 5.05. The Morgan fingerprint density at radius 3 is 2.68 bits per heavy atom. The lowest BCUT2D eigenvalue weighted by molar-refractivity contribution is -0.123. The molecule has 0 bridgehead atoms. The third-order valence-electron chi connectivity index (χ3n) is 5.05. The minimum absolute atomic E-state index is 0.0382. The first-order valence-corrected chi connectivity index (χ1v) is 9.13. The van der Waals surface area contributed by atoms with Crippen molar-refractivity contribution in [2.45, 2.75) is 44.8 Å². The van der Waals surface area contributed by atoms with E-state index in [1.54, 1.807) is 0 Å². The maximum Gasteiger partial charge on any atom is 0.222 e. The second-order valence-corrected chi connectivity index (χ2v) is 6.97. The van der Waals surface area contributed by atoms with Gasteiger partial charge in [-0.1, -0.05) is 12.1 Å². The highest BCUT2D eigenvalue weighted by atomic mass is 16.5. The summed E-state index contributed by atoms with van der Waals surface area (Å²) in [6.07, 6.45) is 4.41. The van der Waals surface area contributed by atoms with Crippen molar-refractivity contribution >= 4 is 17.5 Å². The van der Waals surface area contributed by atoms with Gasteiger partial charge in [0.2, 0.25) is 11.8 Å². The number of carbonyl (C=O) groups is 2. The van der Waals surface area contributed by atoms with Gasteiger partial charge in [-0.2, -0.15) is 0 Å². The summed E-state index contributed by atoms with van der Waals surface area (Å²) in [7, 11) is 0. The van der Waals surface area contributed by atoms with Gasteiger partial charge in [0.15, 0.2) is 0 Å². The van der Waals surface area contributed by atoms with Crippen LogP contribution in [0.4, 0.5) is 5.69 Å². The normalized spacial score (nSPS) is 23.4. The molecule has 0 aliphatic carbocycles. The van der Waals surface area contributed by atoms with Crippen LogP contribution < -0.4 is 16.0 Å². The van der Waals surface area contributed by atoms with Crippen LogP contribution in [-0.2, 0) is 20.9 Å². The van der Waals surface area contributed by atoms with Crippen LogP contribution in [0.2, 0.25) is 0 Å². The van der Waals surface area contributed by atoms with Crippen molar-refractivity contribution in [1.82, 2.24) is 5.32 Å². The summed E-state index contributed by atoms with van der Waals surface area (Å²) < 4.78 is 5.48. The largest absolute Gasteiger partial charge is 0.378 e. The van der Waals surface area contributed by atoms with Crippen molar-refractivity contribution in [2.75, 3.05) is 24.6 Å². The number of ether oxygens (including phenoxy) is 1. The number of anilines is 1. The minimum Gasteiger partial charge on any atom is -0.378 e. The molecule has 3 rings (SSSR count). The van der Waals surface area contributed by atoms with Gasteiger partial charge in [0.25, 0.3) is 0 Å². The van der Waals surface area contributed by atoms with Crippen LogP contribution in [0.25, 0.3) is 0 Å². The van der Waals surface area contributed by atoms with Crippen LogP contribution in [0.3, 0.4) is 0 Å². The standard InChI is InChI=1S/C19H27N3O3/c20-19(24)15-3-1-9-22(13-15)16-7-5-14(6-8-16)12-21-18(23)11-17-4-2-10-25-17/h5-8,15,17H,1-4,9-13H2,(H2,20,24)(H,21,23)/t15-,17+/m0/s1. The predicted octanol–water partition coefficient (Wildman–Crippen LogP) is 1.57. The van der Waals surface area contributed by atoms with Gasteiger partial charge >= 0.3 is 0 Å². The number of nitrogens with zero attached hydrogens (tertiary/aromatic N) is 1. The molecule has 6 heteroatoms. The van der Waals surface area contributed by atoms with Gasteiger partial charge in [0, 0.05) is 31.9 Å². The zero-order valence-electron chi connectivity index (χ0n) is 14.6. The molecule has 2 atom stereocenters. The van der Waals surface area contributed by atoms with Gasteiger partial charge in [-0.15, -0.1) is 0 Å². The molecule has 3 N–H and O–H groups in total. The highest BCUT2D eigenvalue weighted by molar-refractivity contribution is 5.77. The Balaban J connectivity index is 1.48. The second kappa shape index (κ2) is 8.34. The lowest BCUT2D eigenvalue weighted by Gasteiger charge is -2.33. The van der Waals surface area contributed by atoms with E-state index >= 15 is 0 Å². The summed E-state index contributed by atoms with van der Waals surface area (Å²) in [5.74, 6) is -0.239. The van der Waals surface area contributed by atoms with E-state index in [1.807, 2.05) is 24.3 Å². The van der Waals surface area contributed by atoms with Crippen LogP contribution in [0, 0.1) is 5.92 Å². The smallest absolute Gasteiger partial charge is 0.222 e. The predicted molar refractivity (Wildman–Crippen MR) is 96.0 cm³/mol. The van der Waals surface area contributed by atoms with Gasteiger partial charge in [0.05, 0.1) is 18.4 Å². The monoisotopic (exact) mass is 345 g/mol. The number of hydrogen-bond donors (Lipinski definition) is 2. The van der Waals surface area contributed by atoms with Crippen LogP contribution >= 0.6 is 0 Å². The third kappa shape index (κ3) is 4.95. The number of nitrogens with two attached hydrogens (primary N) is 1. The summed E-state index contributed by atoms with van der Waals surface area (Å²) in [6.45, 7) is 2.93. The Morgan fingerprint density at radius 2 is 2.00 bits per heavy atom. The molecule has 2 heterocycles. The number of hydrogen-bond acceptors (Lipinski definition) is 4. The molecule has 0 radical (unpaired) electrons. The Kier molecular flexibility index (Phi) is 5.91. The van der Waals surface area contributed by atoms with Crippen molar-refractivity contribution in [3.05, 3.63) is 29.8 Å². The number of nitrogens with one attached hydrogen (secondary N) is 1. The highest BCUT2D eigenvalue weighted by Crippen LogP contribution is 2.23. The molecule has 2 aliphatic heterocycles. The van der Waals surface area contributed by atoms with Gasteiger partial charge in [-0.25, -0.2) is 0 Å². The molecule has 1 aromatic rings. The fourth-order valence-electron chi connectivity index (χ4n) is 3.55. The Bertz CT molecular complexity index is 596. The average molecular weight is 345 g/mol.